The minimum Gasteiger partial charge on any atom is -0.338 e. The SMILES string of the molecule is C[C@H](c1nc(C2CC2)no1)N1CC(n2cccn2)C1. The lowest BCUT2D eigenvalue weighted by Crippen LogP contribution is -2.48. The minimum absolute atomic E-state index is 0.201. The van der Waals surface area contributed by atoms with Gasteiger partial charge in [0.1, 0.15) is 0 Å². The highest BCUT2D eigenvalue weighted by Gasteiger charge is 2.36. The van der Waals surface area contributed by atoms with E-state index in [2.05, 4.69) is 27.1 Å². The lowest BCUT2D eigenvalue weighted by Gasteiger charge is -2.41. The van der Waals surface area contributed by atoms with Crippen molar-refractivity contribution in [3.05, 3.63) is 30.2 Å². The van der Waals surface area contributed by atoms with Crippen molar-refractivity contribution >= 4 is 0 Å². The summed E-state index contributed by atoms with van der Waals surface area (Å²) in [5, 5.41) is 8.36. The molecule has 0 spiro atoms. The van der Waals surface area contributed by atoms with Crippen molar-refractivity contribution < 1.29 is 4.52 Å². The molecule has 0 amide bonds. The van der Waals surface area contributed by atoms with Crippen molar-refractivity contribution in [2.45, 2.75) is 37.8 Å². The Bertz CT molecular complexity index is 553. The average molecular weight is 259 g/mol. The van der Waals surface area contributed by atoms with E-state index in [-0.39, 0.29) is 6.04 Å². The van der Waals surface area contributed by atoms with Gasteiger partial charge in [0.05, 0.1) is 12.1 Å². The van der Waals surface area contributed by atoms with E-state index in [1.54, 1.807) is 0 Å². The molecule has 1 aliphatic carbocycles. The van der Waals surface area contributed by atoms with Gasteiger partial charge in [-0.25, -0.2) is 0 Å². The van der Waals surface area contributed by atoms with Gasteiger partial charge in [0, 0.05) is 31.4 Å². The van der Waals surface area contributed by atoms with Gasteiger partial charge in [-0.3, -0.25) is 9.58 Å². The van der Waals surface area contributed by atoms with Crippen molar-refractivity contribution in [2.24, 2.45) is 0 Å². The Labute approximate surface area is 111 Å². The van der Waals surface area contributed by atoms with Crippen LogP contribution in [0.5, 0.6) is 0 Å². The number of aromatic nitrogens is 4. The third kappa shape index (κ3) is 1.96. The Morgan fingerprint density at radius 2 is 2.21 bits per heavy atom. The summed E-state index contributed by atoms with van der Waals surface area (Å²) in [7, 11) is 0. The second-order valence-electron chi connectivity index (χ2n) is 5.53. The molecule has 3 heterocycles. The Morgan fingerprint density at radius 1 is 1.37 bits per heavy atom. The van der Waals surface area contributed by atoms with Crippen molar-refractivity contribution in [3.63, 3.8) is 0 Å². The third-order valence-electron chi connectivity index (χ3n) is 4.09. The third-order valence-corrected chi connectivity index (χ3v) is 4.09. The van der Waals surface area contributed by atoms with E-state index in [0.29, 0.717) is 12.0 Å². The van der Waals surface area contributed by atoms with Gasteiger partial charge in [-0.1, -0.05) is 5.16 Å². The van der Waals surface area contributed by atoms with E-state index in [1.165, 1.54) is 12.8 Å². The van der Waals surface area contributed by atoms with E-state index in [9.17, 15) is 0 Å². The van der Waals surface area contributed by atoms with Gasteiger partial charge in [0.2, 0.25) is 5.89 Å². The maximum Gasteiger partial charge on any atom is 0.243 e. The molecule has 1 saturated heterocycles. The second-order valence-corrected chi connectivity index (χ2v) is 5.53. The van der Waals surface area contributed by atoms with E-state index in [1.807, 2.05) is 23.1 Å². The summed E-state index contributed by atoms with van der Waals surface area (Å²) in [5.41, 5.74) is 0. The Morgan fingerprint density at radius 3 is 2.89 bits per heavy atom. The number of nitrogens with zero attached hydrogens (tertiary/aromatic N) is 5. The highest BCUT2D eigenvalue weighted by atomic mass is 16.5. The van der Waals surface area contributed by atoms with Crippen LogP contribution in [-0.4, -0.2) is 37.9 Å². The van der Waals surface area contributed by atoms with E-state index in [4.69, 9.17) is 4.52 Å². The molecule has 1 atom stereocenters. The zero-order valence-corrected chi connectivity index (χ0v) is 10.9. The predicted molar refractivity (Wildman–Crippen MR) is 67.5 cm³/mol. The molecule has 0 radical (unpaired) electrons. The molecular weight excluding hydrogens is 242 g/mol. The minimum atomic E-state index is 0.201. The molecule has 100 valence electrons. The van der Waals surface area contributed by atoms with E-state index in [0.717, 1.165) is 24.8 Å². The molecule has 1 aliphatic heterocycles. The smallest absolute Gasteiger partial charge is 0.243 e. The summed E-state index contributed by atoms with van der Waals surface area (Å²) in [6.07, 6.45) is 6.26. The zero-order valence-electron chi connectivity index (χ0n) is 10.9. The number of hydrogen-bond donors (Lipinski definition) is 0. The molecule has 2 fully saturated rings. The molecule has 0 N–H and O–H groups in total. The summed E-state index contributed by atoms with van der Waals surface area (Å²) in [5.74, 6) is 2.20. The molecule has 2 aliphatic rings. The van der Waals surface area contributed by atoms with Gasteiger partial charge in [0.15, 0.2) is 5.82 Å². The molecule has 0 bridgehead atoms. The van der Waals surface area contributed by atoms with Crippen molar-refractivity contribution in [3.8, 4) is 0 Å². The molecule has 4 rings (SSSR count). The molecular formula is C13H17N5O. The first kappa shape index (κ1) is 11.2. The van der Waals surface area contributed by atoms with Gasteiger partial charge in [0.25, 0.3) is 0 Å². The zero-order chi connectivity index (χ0) is 12.8. The fraction of sp³-hybridized carbons (Fsp3) is 0.615. The van der Waals surface area contributed by atoms with Crippen LogP contribution in [0, 0.1) is 0 Å². The fourth-order valence-corrected chi connectivity index (χ4v) is 2.55. The summed E-state index contributed by atoms with van der Waals surface area (Å²) in [6, 6.07) is 2.64. The average Bonchev–Trinajstić information content (AvgIpc) is 2.90. The number of likely N-dealkylation sites (tertiary alicyclic amines) is 1. The molecule has 2 aromatic rings. The van der Waals surface area contributed by atoms with Crippen molar-refractivity contribution in [1.29, 1.82) is 0 Å². The van der Waals surface area contributed by atoms with Gasteiger partial charge in [-0.2, -0.15) is 10.1 Å². The standard InChI is InChI=1S/C13H17N5O/c1-9(13-15-12(16-19-13)10-3-4-10)17-7-11(8-17)18-6-2-5-14-18/h2,5-6,9-11H,3-4,7-8H2,1H3/t9-/m1/s1. The Kier molecular flexibility index (Phi) is 2.44. The topological polar surface area (TPSA) is 60.0 Å². The summed E-state index contributed by atoms with van der Waals surface area (Å²) < 4.78 is 7.41. The lowest BCUT2D eigenvalue weighted by molar-refractivity contribution is 0.0456. The summed E-state index contributed by atoms with van der Waals surface area (Å²) in [4.78, 5) is 6.86. The molecule has 19 heavy (non-hydrogen) atoms. The molecule has 2 aromatic heterocycles. The first-order valence-electron chi connectivity index (χ1n) is 6.88. The van der Waals surface area contributed by atoms with Crippen molar-refractivity contribution in [2.75, 3.05) is 13.1 Å². The first-order valence-corrected chi connectivity index (χ1v) is 6.88. The highest BCUT2D eigenvalue weighted by Crippen LogP contribution is 2.39. The van der Waals surface area contributed by atoms with Crippen LogP contribution in [-0.2, 0) is 0 Å². The molecule has 0 aromatic carbocycles. The normalized spacial score (nSPS) is 22.4. The molecule has 1 saturated carbocycles. The molecule has 0 unspecified atom stereocenters. The van der Waals surface area contributed by atoms with Crippen LogP contribution < -0.4 is 0 Å². The van der Waals surface area contributed by atoms with E-state index >= 15 is 0 Å². The van der Waals surface area contributed by atoms with Crippen LogP contribution >= 0.6 is 0 Å². The van der Waals surface area contributed by atoms with Gasteiger partial charge >= 0.3 is 0 Å². The number of hydrogen-bond acceptors (Lipinski definition) is 5. The second kappa shape index (κ2) is 4.16. The molecule has 6 nitrogen and oxygen atoms in total. The van der Waals surface area contributed by atoms with Crippen LogP contribution in [0.4, 0.5) is 0 Å². The van der Waals surface area contributed by atoms with Crippen LogP contribution in [0.1, 0.15) is 49.5 Å². The Hall–Kier alpha value is -1.69. The van der Waals surface area contributed by atoms with Crippen LogP contribution in [0.25, 0.3) is 0 Å². The quantitative estimate of drug-likeness (QED) is 0.837. The fourth-order valence-electron chi connectivity index (χ4n) is 2.55. The number of rotatable bonds is 4. The summed E-state index contributed by atoms with van der Waals surface area (Å²) >= 11 is 0. The summed E-state index contributed by atoms with van der Waals surface area (Å²) in [6.45, 7) is 4.11. The Balaban J connectivity index is 1.40. The van der Waals surface area contributed by atoms with Crippen molar-refractivity contribution in [1.82, 2.24) is 24.8 Å². The predicted octanol–water partition coefficient (Wildman–Crippen LogP) is 1.76. The maximum atomic E-state index is 5.39. The lowest BCUT2D eigenvalue weighted by atomic mass is 10.1. The monoisotopic (exact) mass is 259 g/mol. The van der Waals surface area contributed by atoms with Crippen LogP contribution in [0.2, 0.25) is 0 Å². The highest BCUT2D eigenvalue weighted by molar-refractivity contribution is 5.05. The largest absolute Gasteiger partial charge is 0.338 e. The van der Waals surface area contributed by atoms with Gasteiger partial charge in [-0.15, -0.1) is 0 Å². The van der Waals surface area contributed by atoms with E-state index < -0.39 is 0 Å². The van der Waals surface area contributed by atoms with Crippen LogP contribution in [0.15, 0.2) is 23.0 Å². The van der Waals surface area contributed by atoms with Gasteiger partial charge < -0.3 is 4.52 Å². The van der Waals surface area contributed by atoms with Crippen LogP contribution in [0.3, 0.4) is 0 Å². The van der Waals surface area contributed by atoms with Gasteiger partial charge in [-0.05, 0) is 25.8 Å². The maximum absolute atomic E-state index is 5.39. The first-order chi connectivity index (χ1) is 9.31. The molecule has 6 heteroatoms.